The van der Waals surface area contributed by atoms with Gasteiger partial charge in [0.05, 0.1) is 0 Å². The van der Waals surface area contributed by atoms with E-state index in [0.29, 0.717) is 0 Å². The molecule has 2 N–H and O–H groups in total. The Kier molecular flexibility index (Phi) is 4.22. The molecule has 21 heavy (non-hydrogen) atoms. The molecule has 0 aliphatic heterocycles. The molecule has 0 bridgehead atoms. The van der Waals surface area contributed by atoms with E-state index in [1.165, 1.54) is 18.2 Å². The van der Waals surface area contributed by atoms with Gasteiger partial charge in [0.2, 0.25) is 5.82 Å². The predicted octanol–water partition coefficient (Wildman–Crippen LogP) is 4.35. The van der Waals surface area contributed by atoms with Crippen molar-refractivity contribution in [2.45, 2.75) is 6.54 Å². The number of aromatic hydroxyl groups is 1. The van der Waals surface area contributed by atoms with Crippen LogP contribution >= 0.6 is 11.6 Å². The van der Waals surface area contributed by atoms with Gasteiger partial charge in [-0.1, -0.05) is 11.6 Å². The molecule has 2 rings (SSSR count). The fourth-order valence-corrected chi connectivity index (χ4v) is 1.83. The highest BCUT2D eigenvalue weighted by molar-refractivity contribution is 6.30. The summed E-state index contributed by atoms with van der Waals surface area (Å²) < 4.78 is 65.7. The second-order valence-electron chi connectivity index (χ2n) is 4.07. The largest absolute Gasteiger partial charge is 0.508 e. The Bertz CT molecular complexity index is 678. The Morgan fingerprint density at radius 1 is 0.905 bits per heavy atom. The highest BCUT2D eigenvalue weighted by Crippen LogP contribution is 2.29. The molecule has 0 radical (unpaired) electrons. The lowest BCUT2D eigenvalue weighted by Gasteiger charge is -2.12. The molecule has 0 heterocycles. The van der Waals surface area contributed by atoms with Crippen molar-refractivity contribution in [3.05, 3.63) is 57.9 Å². The van der Waals surface area contributed by atoms with E-state index in [9.17, 15) is 27.1 Å². The molecule has 2 aromatic carbocycles. The van der Waals surface area contributed by atoms with E-state index in [1.807, 2.05) is 0 Å². The third-order valence-electron chi connectivity index (χ3n) is 2.71. The molecule has 2 nitrogen and oxygen atoms in total. The van der Waals surface area contributed by atoms with Crippen LogP contribution in [-0.2, 0) is 6.54 Å². The quantitative estimate of drug-likeness (QED) is 0.500. The molecule has 0 spiro atoms. The van der Waals surface area contributed by atoms with Crippen LogP contribution < -0.4 is 5.32 Å². The number of hydrogen-bond acceptors (Lipinski definition) is 2. The number of hydrogen-bond donors (Lipinski definition) is 2. The molecule has 2 aromatic rings. The van der Waals surface area contributed by atoms with Gasteiger partial charge in [0.15, 0.2) is 23.3 Å². The summed E-state index contributed by atoms with van der Waals surface area (Å²) in [6.07, 6.45) is 0. The first kappa shape index (κ1) is 15.4. The van der Waals surface area contributed by atoms with Gasteiger partial charge in [-0.2, -0.15) is 0 Å². The van der Waals surface area contributed by atoms with Gasteiger partial charge in [0, 0.05) is 17.1 Å². The van der Waals surface area contributed by atoms with E-state index < -0.39 is 34.8 Å². The van der Waals surface area contributed by atoms with Crippen LogP contribution in [0.1, 0.15) is 5.56 Å². The molecule has 0 aromatic heterocycles. The highest BCUT2D eigenvalue weighted by Gasteiger charge is 2.25. The van der Waals surface area contributed by atoms with E-state index in [4.69, 9.17) is 11.6 Å². The summed E-state index contributed by atoms with van der Waals surface area (Å²) in [4.78, 5) is 0. The fourth-order valence-electron chi connectivity index (χ4n) is 1.64. The average Bonchev–Trinajstić information content (AvgIpc) is 2.46. The molecular formula is C13H7ClF5NO. The van der Waals surface area contributed by atoms with Crippen molar-refractivity contribution < 1.29 is 27.1 Å². The van der Waals surface area contributed by atoms with Crippen LogP contribution in [0.2, 0.25) is 5.02 Å². The van der Waals surface area contributed by atoms with E-state index >= 15 is 0 Å². The van der Waals surface area contributed by atoms with Gasteiger partial charge >= 0.3 is 0 Å². The Morgan fingerprint density at radius 2 is 1.43 bits per heavy atom. The fraction of sp³-hybridized carbons (Fsp3) is 0.0769. The van der Waals surface area contributed by atoms with Crippen molar-refractivity contribution in [3.8, 4) is 5.75 Å². The van der Waals surface area contributed by atoms with Crippen LogP contribution in [0, 0.1) is 29.1 Å². The Hall–Kier alpha value is -2.02. The van der Waals surface area contributed by atoms with Crippen LogP contribution in [-0.4, -0.2) is 5.11 Å². The minimum Gasteiger partial charge on any atom is -0.508 e. The number of halogens is 6. The molecule has 0 amide bonds. The molecule has 0 aliphatic carbocycles. The number of benzene rings is 2. The molecule has 112 valence electrons. The lowest BCUT2D eigenvalue weighted by atomic mass is 10.2. The van der Waals surface area contributed by atoms with Crippen LogP contribution in [0.5, 0.6) is 5.75 Å². The number of phenols is 1. The average molecular weight is 324 g/mol. The molecule has 0 saturated carbocycles. The summed E-state index contributed by atoms with van der Waals surface area (Å²) in [5.41, 5.74) is -1.04. The van der Waals surface area contributed by atoms with Gasteiger partial charge in [0.1, 0.15) is 11.4 Å². The number of rotatable bonds is 3. The van der Waals surface area contributed by atoms with Crippen molar-refractivity contribution in [1.82, 2.24) is 0 Å². The first-order valence-electron chi connectivity index (χ1n) is 5.55. The maximum Gasteiger partial charge on any atom is 0.200 e. The van der Waals surface area contributed by atoms with Gasteiger partial charge in [0.25, 0.3) is 0 Å². The van der Waals surface area contributed by atoms with Crippen LogP contribution in [0.4, 0.5) is 27.6 Å². The first-order valence-corrected chi connectivity index (χ1v) is 5.93. The Labute approximate surface area is 120 Å². The van der Waals surface area contributed by atoms with Crippen molar-refractivity contribution in [2.24, 2.45) is 0 Å². The summed E-state index contributed by atoms with van der Waals surface area (Å²) in [5, 5.41) is 11.8. The SMILES string of the molecule is Oc1ccc(Cl)cc1CNc1c(F)c(F)c(F)c(F)c1F. The lowest BCUT2D eigenvalue weighted by molar-refractivity contribution is 0.381. The predicted molar refractivity (Wildman–Crippen MR) is 66.7 cm³/mol. The standard InChI is InChI=1S/C13H7ClF5NO/c14-6-1-2-7(21)5(3-6)4-20-13-11(18)9(16)8(15)10(17)12(13)19/h1-3,20-21H,4H2. The van der Waals surface area contributed by atoms with Gasteiger partial charge in [-0.15, -0.1) is 0 Å². The van der Waals surface area contributed by atoms with Crippen molar-refractivity contribution >= 4 is 17.3 Å². The first-order chi connectivity index (χ1) is 9.82. The number of anilines is 1. The monoisotopic (exact) mass is 323 g/mol. The van der Waals surface area contributed by atoms with Gasteiger partial charge < -0.3 is 10.4 Å². The van der Waals surface area contributed by atoms with Gasteiger partial charge in [-0.05, 0) is 18.2 Å². The summed E-state index contributed by atoms with van der Waals surface area (Å²) in [5.74, 6) is -10.5. The van der Waals surface area contributed by atoms with E-state index in [2.05, 4.69) is 5.32 Å². The third-order valence-corrected chi connectivity index (χ3v) is 2.94. The molecule has 8 heteroatoms. The maximum absolute atomic E-state index is 13.4. The normalized spacial score (nSPS) is 10.8. The summed E-state index contributed by atoms with van der Waals surface area (Å²) in [6, 6.07) is 3.90. The molecule has 0 fully saturated rings. The third kappa shape index (κ3) is 2.87. The van der Waals surface area contributed by atoms with Crippen LogP contribution in [0.15, 0.2) is 18.2 Å². The second-order valence-corrected chi connectivity index (χ2v) is 4.51. The maximum atomic E-state index is 13.4. The van der Waals surface area contributed by atoms with Crippen molar-refractivity contribution in [1.29, 1.82) is 0 Å². The van der Waals surface area contributed by atoms with E-state index in [-0.39, 0.29) is 22.9 Å². The summed E-state index contributed by atoms with van der Waals surface area (Å²) >= 11 is 5.68. The zero-order chi connectivity index (χ0) is 15.7. The molecule has 0 unspecified atom stereocenters. The number of nitrogens with one attached hydrogen (secondary N) is 1. The summed E-state index contributed by atoms with van der Waals surface area (Å²) in [7, 11) is 0. The van der Waals surface area contributed by atoms with Crippen molar-refractivity contribution in [2.75, 3.05) is 5.32 Å². The minimum atomic E-state index is -2.24. The molecular weight excluding hydrogens is 317 g/mol. The van der Waals surface area contributed by atoms with Gasteiger partial charge in [-0.25, -0.2) is 22.0 Å². The van der Waals surface area contributed by atoms with Crippen LogP contribution in [0.25, 0.3) is 0 Å². The molecule has 0 atom stereocenters. The minimum absolute atomic E-state index is 0.131. The smallest absolute Gasteiger partial charge is 0.200 e. The lowest BCUT2D eigenvalue weighted by Crippen LogP contribution is -2.10. The zero-order valence-corrected chi connectivity index (χ0v) is 10.9. The van der Waals surface area contributed by atoms with Crippen molar-refractivity contribution in [3.63, 3.8) is 0 Å². The zero-order valence-electron chi connectivity index (χ0n) is 10.2. The van der Waals surface area contributed by atoms with E-state index in [1.54, 1.807) is 0 Å². The second kappa shape index (κ2) is 5.77. The number of phenolic OH excluding ortho intramolecular Hbond substituents is 1. The van der Waals surface area contributed by atoms with Crippen LogP contribution in [0.3, 0.4) is 0 Å². The van der Waals surface area contributed by atoms with E-state index in [0.717, 1.165) is 0 Å². The highest BCUT2D eigenvalue weighted by atomic mass is 35.5. The Morgan fingerprint density at radius 3 is 2.00 bits per heavy atom. The topological polar surface area (TPSA) is 32.3 Å². The summed E-state index contributed by atoms with van der Waals surface area (Å²) in [6.45, 7) is -0.384. The molecule has 0 aliphatic rings. The Balaban J connectivity index is 2.35. The van der Waals surface area contributed by atoms with Gasteiger partial charge in [-0.3, -0.25) is 0 Å². The molecule has 0 saturated heterocycles.